The second kappa shape index (κ2) is 8.46. The highest BCUT2D eigenvalue weighted by atomic mass is 35.5. The SMILES string of the molecule is Cc1noc(C)c1COc1cccc(C(=O)NCc2ccc(Cl)cc2Cl)c1. The van der Waals surface area contributed by atoms with E-state index in [1.807, 2.05) is 13.8 Å². The van der Waals surface area contributed by atoms with Gasteiger partial charge in [-0.3, -0.25) is 4.79 Å². The van der Waals surface area contributed by atoms with Crippen LogP contribution in [0.5, 0.6) is 5.75 Å². The predicted octanol–water partition coefficient (Wildman–Crippen LogP) is 5.11. The largest absolute Gasteiger partial charge is 0.489 e. The molecule has 27 heavy (non-hydrogen) atoms. The van der Waals surface area contributed by atoms with Gasteiger partial charge in [0.1, 0.15) is 18.1 Å². The summed E-state index contributed by atoms with van der Waals surface area (Å²) in [7, 11) is 0. The van der Waals surface area contributed by atoms with Gasteiger partial charge in [-0.25, -0.2) is 0 Å². The topological polar surface area (TPSA) is 64.4 Å². The molecular formula is C20H18Cl2N2O3. The number of nitrogens with zero attached hydrogens (tertiary/aromatic N) is 1. The van der Waals surface area contributed by atoms with Crippen LogP contribution in [0.3, 0.4) is 0 Å². The molecule has 7 heteroatoms. The van der Waals surface area contributed by atoms with Crippen molar-refractivity contribution in [3.8, 4) is 5.75 Å². The molecule has 0 fully saturated rings. The van der Waals surface area contributed by atoms with E-state index in [2.05, 4.69) is 10.5 Å². The average molecular weight is 405 g/mol. The summed E-state index contributed by atoms with van der Waals surface area (Å²) in [5.41, 5.74) is 2.99. The summed E-state index contributed by atoms with van der Waals surface area (Å²) in [6.07, 6.45) is 0. The van der Waals surface area contributed by atoms with Crippen molar-refractivity contribution in [2.45, 2.75) is 27.0 Å². The van der Waals surface area contributed by atoms with E-state index in [1.54, 1.807) is 42.5 Å². The minimum atomic E-state index is -0.219. The number of benzene rings is 2. The van der Waals surface area contributed by atoms with Gasteiger partial charge in [-0.15, -0.1) is 0 Å². The number of hydrogen-bond acceptors (Lipinski definition) is 4. The van der Waals surface area contributed by atoms with Gasteiger partial charge >= 0.3 is 0 Å². The number of aryl methyl sites for hydroxylation is 2. The molecule has 0 spiro atoms. The zero-order valence-corrected chi connectivity index (χ0v) is 16.4. The van der Waals surface area contributed by atoms with E-state index >= 15 is 0 Å². The number of ether oxygens (including phenoxy) is 1. The molecule has 0 atom stereocenters. The fraction of sp³-hybridized carbons (Fsp3) is 0.200. The summed E-state index contributed by atoms with van der Waals surface area (Å²) < 4.78 is 10.9. The van der Waals surface area contributed by atoms with Gasteiger partial charge in [0, 0.05) is 22.2 Å². The van der Waals surface area contributed by atoms with Crippen LogP contribution in [0.25, 0.3) is 0 Å². The Hall–Kier alpha value is -2.50. The molecule has 0 saturated carbocycles. The smallest absolute Gasteiger partial charge is 0.251 e. The van der Waals surface area contributed by atoms with E-state index in [9.17, 15) is 4.79 Å². The van der Waals surface area contributed by atoms with Crippen LogP contribution in [0.4, 0.5) is 0 Å². The molecule has 2 aromatic carbocycles. The third-order valence-electron chi connectivity index (χ3n) is 4.12. The van der Waals surface area contributed by atoms with E-state index in [4.69, 9.17) is 32.5 Å². The molecule has 3 rings (SSSR count). The molecule has 0 aliphatic carbocycles. The number of hydrogen-bond donors (Lipinski definition) is 1. The van der Waals surface area contributed by atoms with Crippen molar-refractivity contribution in [2.75, 3.05) is 0 Å². The van der Waals surface area contributed by atoms with Crippen molar-refractivity contribution in [1.82, 2.24) is 10.5 Å². The van der Waals surface area contributed by atoms with E-state index in [0.717, 1.165) is 22.6 Å². The molecule has 0 saturated heterocycles. The number of carbonyl (C=O) groups excluding carboxylic acids is 1. The number of nitrogens with one attached hydrogen (secondary N) is 1. The van der Waals surface area contributed by atoms with Gasteiger partial charge in [0.2, 0.25) is 0 Å². The summed E-state index contributed by atoms with van der Waals surface area (Å²) in [4.78, 5) is 12.4. The number of amides is 1. The van der Waals surface area contributed by atoms with Gasteiger partial charge in [0.25, 0.3) is 5.91 Å². The summed E-state index contributed by atoms with van der Waals surface area (Å²) >= 11 is 12.0. The van der Waals surface area contributed by atoms with Gasteiger partial charge < -0.3 is 14.6 Å². The maximum absolute atomic E-state index is 12.4. The maximum atomic E-state index is 12.4. The Morgan fingerprint density at radius 3 is 2.70 bits per heavy atom. The Morgan fingerprint density at radius 2 is 2.00 bits per heavy atom. The molecule has 3 aromatic rings. The van der Waals surface area contributed by atoms with Crippen molar-refractivity contribution >= 4 is 29.1 Å². The van der Waals surface area contributed by atoms with Crippen molar-refractivity contribution in [3.63, 3.8) is 0 Å². The fourth-order valence-electron chi connectivity index (χ4n) is 2.53. The van der Waals surface area contributed by atoms with Gasteiger partial charge in [-0.2, -0.15) is 0 Å². The zero-order valence-electron chi connectivity index (χ0n) is 14.9. The Kier molecular flexibility index (Phi) is 6.04. The fourth-order valence-corrected chi connectivity index (χ4v) is 3.01. The van der Waals surface area contributed by atoms with Crippen LogP contribution in [-0.2, 0) is 13.2 Å². The Balaban J connectivity index is 1.63. The molecule has 5 nitrogen and oxygen atoms in total. The standard InChI is InChI=1S/C20H18Cl2N2O3/c1-12-18(13(2)27-24-12)11-26-17-5-3-4-14(8-17)20(25)23-10-15-6-7-16(21)9-19(15)22/h3-9H,10-11H2,1-2H3,(H,23,25). The van der Waals surface area contributed by atoms with Crippen molar-refractivity contribution in [1.29, 1.82) is 0 Å². The zero-order chi connectivity index (χ0) is 19.4. The van der Waals surface area contributed by atoms with E-state index in [1.165, 1.54) is 0 Å². The lowest BCUT2D eigenvalue weighted by molar-refractivity contribution is 0.0950. The normalized spacial score (nSPS) is 10.7. The summed E-state index contributed by atoms with van der Waals surface area (Å²) in [6.45, 7) is 4.33. The highest BCUT2D eigenvalue weighted by Gasteiger charge is 2.11. The molecule has 1 heterocycles. The summed E-state index contributed by atoms with van der Waals surface area (Å²) in [6, 6.07) is 12.1. The molecular weight excluding hydrogens is 387 g/mol. The molecule has 0 aliphatic rings. The first-order chi connectivity index (χ1) is 12.9. The highest BCUT2D eigenvalue weighted by Crippen LogP contribution is 2.21. The van der Waals surface area contributed by atoms with Crippen molar-refractivity contribution in [2.24, 2.45) is 0 Å². The van der Waals surface area contributed by atoms with E-state index in [0.29, 0.717) is 34.5 Å². The molecule has 0 unspecified atom stereocenters. The monoisotopic (exact) mass is 404 g/mol. The molecule has 1 amide bonds. The minimum Gasteiger partial charge on any atom is -0.489 e. The molecule has 0 radical (unpaired) electrons. The quantitative estimate of drug-likeness (QED) is 0.619. The van der Waals surface area contributed by atoms with Crippen molar-refractivity contribution in [3.05, 3.63) is 80.7 Å². The maximum Gasteiger partial charge on any atom is 0.251 e. The highest BCUT2D eigenvalue weighted by molar-refractivity contribution is 6.35. The lowest BCUT2D eigenvalue weighted by Crippen LogP contribution is -2.22. The van der Waals surface area contributed by atoms with Crippen LogP contribution in [0.2, 0.25) is 10.0 Å². The second-order valence-electron chi connectivity index (χ2n) is 6.04. The minimum absolute atomic E-state index is 0.219. The first kappa shape index (κ1) is 19.3. The van der Waals surface area contributed by atoms with E-state index in [-0.39, 0.29) is 5.91 Å². The third kappa shape index (κ3) is 4.81. The first-order valence-corrected chi connectivity index (χ1v) is 9.06. The summed E-state index contributed by atoms with van der Waals surface area (Å²) in [5, 5.41) is 7.81. The van der Waals surface area contributed by atoms with Crippen LogP contribution in [-0.4, -0.2) is 11.1 Å². The average Bonchev–Trinajstić information content (AvgIpc) is 2.97. The first-order valence-electron chi connectivity index (χ1n) is 8.31. The number of rotatable bonds is 6. The van der Waals surface area contributed by atoms with Gasteiger partial charge in [0.05, 0.1) is 11.3 Å². The Bertz CT molecular complexity index is 950. The molecule has 0 bridgehead atoms. The predicted molar refractivity (Wildman–Crippen MR) is 104 cm³/mol. The van der Waals surface area contributed by atoms with Crippen LogP contribution in [0, 0.1) is 13.8 Å². The lowest BCUT2D eigenvalue weighted by Gasteiger charge is -2.10. The van der Waals surface area contributed by atoms with Crippen molar-refractivity contribution < 1.29 is 14.1 Å². The van der Waals surface area contributed by atoms with Crippen LogP contribution in [0.1, 0.15) is 32.9 Å². The number of halogens is 2. The Morgan fingerprint density at radius 1 is 1.19 bits per heavy atom. The Labute approximate surface area is 167 Å². The number of aromatic nitrogens is 1. The number of carbonyl (C=O) groups is 1. The van der Waals surface area contributed by atoms with Gasteiger partial charge in [-0.05, 0) is 49.7 Å². The van der Waals surface area contributed by atoms with Gasteiger partial charge in [0.15, 0.2) is 0 Å². The molecule has 1 N–H and O–H groups in total. The lowest BCUT2D eigenvalue weighted by atomic mass is 10.1. The molecule has 0 aliphatic heterocycles. The van der Waals surface area contributed by atoms with Crippen LogP contribution < -0.4 is 10.1 Å². The molecule has 1 aromatic heterocycles. The van der Waals surface area contributed by atoms with Crippen LogP contribution in [0.15, 0.2) is 47.0 Å². The third-order valence-corrected chi connectivity index (χ3v) is 4.70. The molecule has 140 valence electrons. The van der Waals surface area contributed by atoms with Gasteiger partial charge in [-0.1, -0.05) is 40.5 Å². The second-order valence-corrected chi connectivity index (χ2v) is 6.88. The van der Waals surface area contributed by atoms with Crippen LogP contribution >= 0.6 is 23.2 Å². The summed E-state index contributed by atoms with van der Waals surface area (Å²) in [5.74, 6) is 1.09. The van der Waals surface area contributed by atoms with E-state index < -0.39 is 0 Å².